The molecule has 1 atom stereocenters. The first-order valence-corrected chi connectivity index (χ1v) is 12.4. The number of methoxy groups -OCH3 is 2. The third-order valence-corrected chi connectivity index (χ3v) is 7.42. The zero-order chi connectivity index (χ0) is 25.0. The van der Waals surface area contributed by atoms with Gasteiger partial charge in [-0.2, -0.15) is 0 Å². The van der Waals surface area contributed by atoms with Gasteiger partial charge in [-0.3, -0.25) is 9.69 Å². The fourth-order valence-corrected chi connectivity index (χ4v) is 5.23. The molecule has 8 heteroatoms. The van der Waals surface area contributed by atoms with Crippen molar-refractivity contribution in [2.45, 2.75) is 51.1 Å². The maximum Gasteiger partial charge on any atom is 0.328 e. The van der Waals surface area contributed by atoms with Gasteiger partial charge in [0.2, 0.25) is 0 Å². The highest BCUT2D eigenvalue weighted by molar-refractivity contribution is 6.07. The highest BCUT2D eigenvalue weighted by atomic mass is 16.5. The van der Waals surface area contributed by atoms with Gasteiger partial charge >= 0.3 is 6.03 Å². The minimum Gasteiger partial charge on any atom is -0.497 e. The van der Waals surface area contributed by atoms with Crippen LogP contribution in [0.15, 0.2) is 40.8 Å². The van der Waals surface area contributed by atoms with Gasteiger partial charge in [-0.1, -0.05) is 19.1 Å². The van der Waals surface area contributed by atoms with Gasteiger partial charge < -0.3 is 23.7 Å². The van der Waals surface area contributed by atoms with E-state index < -0.39 is 5.54 Å². The molecule has 2 aromatic rings. The number of piperidine rings is 1. The molecule has 3 heterocycles. The molecule has 0 radical (unpaired) electrons. The number of aryl methyl sites for hydroxylation is 1. The maximum absolute atomic E-state index is 13.7. The summed E-state index contributed by atoms with van der Waals surface area (Å²) in [7, 11) is 3.23. The van der Waals surface area contributed by atoms with E-state index in [1.54, 1.807) is 19.1 Å². The molecule has 0 bridgehead atoms. The molecule has 2 saturated heterocycles. The third-order valence-electron chi connectivity index (χ3n) is 7.42. The molecule has 0 N–H and O–H groups in total. The van der Waals surface area contributed by atoms with Crippen LogP contribution in [0.5, 0.6) is 5.75 Å². The molecule has 1 unspecified atom stereocenters. The molecule has 0 aliphatic carbocycles. The van der Waals surface area contributed by atoms with E-state index in [0.29, 0.717) is 37.7 Å². The predicted octanol–water partition coefficient (Wildman–Crippen LogP) is 4.04. The van der Waals surface area contributed by atoms with Gasteiger partial charge in [0.25, 0.3) is 5.91 Å². The van der Waals surface area contributed by atoms with E-state index in [9.17, 15) is 9.59 Å². The highest BCUT2D eigenvalue weighted by Gasteiger charge is 2.57. The Balaban J connectivity index is 1.43. The second-order valence-electron chi connectivity index (χ2n) is 9.68. The molecule has 8 nitrogen and oxygen atoms in total. The van der Waals surface area contributed by atoms with E-state index in [1.807, 2.05) is 37.3 Å². The summed E-state index contributed by atoms with van der Waals surface area (Å²) in [6, 6.07) is 11.3. The number of carbonyl (C=O) groups excluding carboxylic acids is 2. The van der Waals surface area contributed by atoms with Gasteiger partial charge in [0.15, 0.2) is 0 Å². The number of rotatable bonds is 10. The van der Waals surface area contributed by atoms with Crippen molar-refractivity contribution in [3.8, 4) is 5.75 Å². The first kappa shape index (κ1) is 25.3. The number of hydrogen-bond acceptors (Lipinski definition) is 6. The fraction of sp³-hybridized carbons (Fsp3) is 0.556. The molecule has 35 heavy (non-hydrogen) atoms. The Kier molecular flexibility index (Phi) is 7.82. The van der Waals surface area contributed by atoms with Crippen LogP contribution in [0.3, 0.4) is 0 Å². The number of carbonyl (C=O) groups is 2. The smallest absolute Gasteiger partial charge is 0.328 e. The number of amides is 3. The Morgan fingerprint density at radius 1 is 1.09 bits per heavy atom. The maximum atomic E-state index is 13.7. The number of urea groups is 1. The van der Waals surface area contributed by atoms with Crippen molar-refractivity contribution in [3.05, 3.63) is 53.5 Å². The second-order valence-corrected chi connectivity index (χ2v) is 9.68. The Morgan fingerprint density at radius 3 is 2.51 bits per heavy atom. The Bertz CT molecular complexity index is 1030. The summed E-state index contributed by atoms with van der Waals surface area (Å²) >= 11 is 0. The van der Waals surface area contributed by atoms with Crippen molar-refractivity contribution < 1.29 is 23.5 Å². The Morgan fingerprint density at radius 2 is 1.86 bits per heavy atom. The average molecular weight is 484 g/mol. The first-order chi connectivity index (χ1) is 16.9. The van der Waals surface area contributed by atoms with E-state index in [1.165, 1.54) is 4.90 Å². The summed E-state index contributed by atoms with van der Waals surface area (Å²) in [5.74, 6) is 2.91. The van der Waals surface area contributed by atoms with Crippen LogP contribution in [0.4, 0.5) is 4.79 Å². The standard InChI is InChI=1S/C27H37N3O5/c1-20(24-9-8-21(2)35-24)10-13-28-14-11-27(12-15-28)25(31)29(26(32)30(27)16-17-33-3)19-22-6-5-7-23(18-22)34-4/h5-9,18,20H,10-17,19H2,1-4H3. The van der Waals surface area contributed by atoms with Crippen LogP contribution in [0.25, 0.3) is 0 Å². The molecular formula is C27H37N3O5. The molecule has 2 fully saturated rings. The van der Waals surface area contributed by atoms with Gasteiger partial charge in [0.05, 0.1) is 20.3 Å². The summed E-state index contributed by atoms with van der Waals surface area (Å²) < 4.78 is 16.4. The largest absolute Gasteiger partial charge is 0.497 e. The number of imide groups is 1. The number of nitrogens with zero attached hydrogens (tertiary/aromatic N) is 3. The van der Waals surface area contributed by atoms with Gasteiger partial charge in [0.1, 0.15) is 22.8 Å². The summed E-state index contributed by atoms with van der Waals surface area (Å²) in [6.07, 6.45) is 2.25. The fourth-order valence-electron chi connectivity index (χ4n) is 5.23. The number of ether oxygens (including phenoxy) is 2. The summed E-state index contributed by atoms with van der Waals surface area (Å²) in [4.78, 5) is 32.7. The zero-order valence-corrected chi connectivity index (χ0v) is 21.3. The number of furan rings is 1. The molecule has 2 aliphatic rings. The van der Waals surface area contributed by atoms with E-state index in [4.69, 9.17) is 13.9 Å². The summed E-state index contributed by atoms with van der Waals surface area (Å²) in [5, 5.41) is 0. The number of benzene rings is 1. The molecule has 190 valence electrons. The monoisotopic (exact) mass is 483 g/mol. The van der Waals surface area contributed by atoms with Crippen LogP contribution in [0.1, 0.15) is 49.2 Å². The van der Waals surface area contributed by atoms with E-state index in [-0.39, 0.29) is 18.5 Å². The van der Waals surface area contributed by atoms with E-state index in [2.05, 4.69) is 17.9 Å². The molecular weight excluding hydrogens is 446 g/mol. The lowest BCUT2D eigenvalue weighted by Crippen LogP contribution is -2.57. The van der Waals surface area contributed by atoms with Gasteiger partial charge in [0, 0.05) is 32.7 Å². The topological polar surface area (TPSA) is 75.5 Å². The van der Waals surface area contributed by atoms with Gasteiger partial charge in [-0.05, 0) is 62.6 Å². The Hall–Kier alpha value is -2.84. The SMILES string of the molecule is COCCN1C(=O)N(Cc2cccc(OC)c2)C(=O)C12CCN(CCC(C)c1ccc(C)o1)CC2. The van der Waals surface area contributed by atoms with Crippen molar-refractivity contribution in [3.63, 3.8) is 0 Å². The van der Waals surface area contributed by atoms with Crippen molar-refractivity contribution >= 4 is 11.9 Å². The van der Waals surface area contributed by atoms with E-state index >= 15 is 0 Å². The van der Waals surface area contributed by atoms with Crippen LogP contribution in [-0.2, 0) is 16.1 Å². The van der Waals surface area contributed by atoms with Gasteiger partial charge in [-0.25, -0.2) is 4.79 Å². The van der Waals surface area contributed by atoms with Gasteiger partial charge in [-0.15, -0.1) is 0 Å². The highest BCUT2D eigenvalue weighted by Crippen LogP contribution is 2.38. The van der Waals surface area contributed by atoms with Crippen molar-refractivity contribution in [2.24, 2.45) is 0 Å². The van der Waals surface area contributed by atoms with Crippen LogP contribution in [0, 0.1) is 6.92 Å². The molecule has 0 saturated carbocycles. The van der Waals surface area contributed by atoms with Crippen LogP contribution in [0.2, 0.25) is 0 Å². The molecule has 4 rings (SSSR count). The molecule has 1 spiro atoms. The zero-order valence-electron chi connectivity index (χ0n) is 21.3. The predicted molar refractivity (Wildman–Crippen MR) is 132 cm³/mol. The Labute approximate surface area is 207 Å². The second kappa shape index (κ2) is 10.8. The molecule has 3 amide bonds. The number of hydrogen-bond donors (Lipinski definition) is 0. The average Bonchev–Trinajstić information content (AvgIpc) is 3.38. The van der Waals surface area contributed by atoms with Crippen molar-refractivity contribution in [2.75, 3.05) is 47.0 Å². The van der Waals surface area contributed by atoms with Crippen LogP contribution in [-0.4, -0.2) is 79.2 Å². The quantitative estimate of drug-likeness (QED) is 0.475. The third kappa shape index (κ3) is 5.23. The first-order valence-electron chi connectivity index (χ1n) is 12.4. The minimum absolute atomic E-state index is 0.0968. The van der Waals surface area contributed by atoms with E-state index in [0.717, 1.165) is 43.1 Å². The van der Waals surface area contributed by atoms with Crippen LogP contribution >= 0.6 is 0 Å². The molecule has 2 aliphatic heterocycles. The number of likely N-dealkylation sites (tertiary alicyclic amines) is 1. The molecule has 1 aromatic heterocycles. The summed E-state index contributed by atoms with van der Waals surface area (Å²) in [5.41, 5.74) is 0.0729. The normalized spacial score (nSPS) is 19.1. The van der Waals surface area contributed by atoms with Crippen molar-refractivity contribution in [1.82, 2.24) is 14.7 Å². The van der Waals surface area contributed by atoms with Crippen molar-refractivity contribution in [1.29, 1.82) is 0 Å². The molecule has 1 aromatic carbocycles. The minimum atomic E-state index is -0.797. The lowest BCUT2D eigenvalue weighted by Gasteiger charge is -2.42. The summed E-state index contributed by atoms with van der Waals surface area (Å²) in [6.45, 7) is 7.69. The van der Waals surface area contributed by atoms with Crippen LogP contribution < -0.4 is 4.74 Å². The lowest BCUT2D eigenvalue weighted by molar-refractivity contribution is -0.136. The lowest BCUT2D eigenvalue weighted by atomic mass is 9.85.